The van der Waals surface area contributed by atoms with E-state index in [4.69, 9.17) is 9.47 Å². The zero-order valence-electron chi connectivity index (χ0n) is 12.6. The predicted molar refractivity (Wildman–Crippen MR) is 84.0 cm³/mol. The van der Waals surface area contributed by atoms with Crippen LogP contribution in [0, 0.1) is 0 Å². The van der Waals surface area contributed by atoms with Gasteiger partial charge in [0, 0.05) is 11.6 Å². The summed E-state index contributed by atoms with van der Waals surface area (Å²) < 4.78 is 10.6. The summed E-state index contributed by atoms with van der Waals surface area (Å²) in [5.74, 6) is 0.291. The lowest BCUT2D eigenvalue weighted by atomic mass is 10.1. The van der Waals surface area contributed by atoms with Gasteiger partial charge in [-0.3, -0.25) is 9.59 Å². The molecule has 1 aliphatic heterocycles. The maximum atomic E-state index is 12.3. The first-order valence-corrected chi connectivity index (χ1v) is 6.96. The van der Waals surface area contributed by atoms with Gasteiger partial charge in [-0.1, -0.05) is 24.3 Å². The monoisotopic (exact) mass is 310 g/mol. The standard InChI is InChI=1S/C18H14O5/c1-10(19)12-5-3-11(4-6-12)7-17-18(21)13-8-14(20)16(22-2)9-15(13)23-17/h3-9,20H,1-2H3/b17-7+. The topological polar surface area (TPSA) is 72.8 Å². The highest BCUT2D eigenvalue weighted by molar-refractivity contribution is 6.14. The summed E-state index contributed by atoms with van der Waals surface area (Å²) in [6.45, 7) is 1.49. The summed E-state index contributed by atoms with van der Waals surface area (Å²) >= 11 is 0. The number of fused-ring (bicyclic) bond motifs is 1. The summed E-state index contributed by atoms with van der Waals surface area (Å²) in [6.07, 6.45) is 1.59. The second-order valence-electron chi connectivity index (χ2n) is 5.14. The molecule has 0 saturated carbocycles. The van der Waals surface area contributed by atoms with Gasteiger partial charge in [-0.05, 0) is 24.6 Å². The molecule has 2 aromatic carbocycles. The number of rotatable bonds is 3. The van der Waals surface area contributed by atoms with E-state index in [2.05, 4.69) is 0 Å². The number of hydrogen-bond donors (Lipinski definition) is 1. The number of ketones is 2. The molecule has 3 rings (SSSR count). The molecule has 0 radical (unpaired) electrons. The fourth-order valence-corrected chi connectivity index (χ4v) is 2.33. The molecule has 0 bridgehead atoms. The number of carbonyl (C=O) groups excluding carboxylic acids is 2. The Bertz CT molecular complexity index is 831. The number of allylic oxidation sites excluding steroid dienone is 1. The quantitative estimate of drug-likeness (QED) is 0.696. The Balaban J connectivity index is 1.93. The first kappa shape index (κ1) is 14.8. The van der Waals surface area contributed by atoms with Crippen LogP contribution in [0.4, 0.5) is 0 Å². The number of phenols is 1. The molecule has 1 heterocycles. The molecular weight excluding hydrogens is 296 g/mol. The van der Waals surface area contributed by atoms with Gasteiger partial charge in [-0.2, -0.15) is 0 Å². The number of methoxy groups -OCH3 is 1. The number of benzene rings is 2. The van der Waals surface area contributed by atoms with Crippen molar-refractivity contribution < 1.29 is 24.2 Å². The van der Waals surface area contributed by atoms with Crippen molar-refractivity contribution in [3.63, 3.8) is 0 Å². The van der Waals surface area contributed by atoms with E-state index in [1.165, 1.54) is 26.2 Å². The number of ether oxygens (including phenoxy) is 2. The highest BCUT2D eigenvalue weighted by Crippen LogP contribution is 2.39. The first-order chi connectivity index (χ1) is 11.0. The second kappa shape index (κ2) is 5.61. The van der Waals surface area contributed by atoms with Gasteiger partial charge in [-0.15, -0.1) is 0 Å². The van der Waals surface area contributed by atoms with Gasteiger partial charge >= 0.3 is 0 Å². The molecule has 116 valence electrons. The van der Waals surface area contributed by atoms with Gasteiger partial charge in [0.25, 0.3) is 0 Å². The molecule has 0 unspecified atom stereocenters. The smallest absolute Gasteiger partial charge is 0.232 e. The Morgan fingerprint density at radius 2 is 1.91 bits per heavy atom. The minimum atomic E-state index is -0.311. The van der Waals surface area contributed by atoms with Gasteiger partial charge < -0.3 is 14.6 Å². The lowest BCUT2D eigenvalue weighted by molar-refractivity contribution is 0.101. The maximum Gasteiger partial charge on any atom is 0.232 e. The minimum absolute atomic E-state index is 0.0210. The third-order valence-corrected chi connectivity index (χ3v) is 3.58. The predicted octanol–water partition coefficient (Wildman–Crippen LogP) is 3.22. The Kier molecular flexibility index (Phi) is 3.62. The van der Waals surface area contributed by atoms with E-state index in [0.29, 0.717) is 11.3 Å². The number of phenolic OH excluding ortho intramolecular Hbond substituents is 1. The summed E-state index contributed by atoms with van der Waals surface area (Å²) in [7, 11) is 1.42. The van der Waals surface area contributed by atoms with Crippen LogP contribution in [0.25, 0.3) is 6.08 Å². The van der Waals surface area contributed by atoms with Crippen molar-refractivity contribution in [1.82, 2.24) is 0 Å². The van der Waals surface area contributed by atoms with Gasteiger partial charge in [0.15, 0.2) is 23.0 Å². The molecule has 0 saturated heterocycles. The molecular formula is C18H14O5. The molecule has 1 aliphatic rings. The molecule has 0 aromatic heterocycles. The summed E-state index contributed by atoms with van der Waals surface area (Å²) in [5.41, 5.74) is 1.63. The van der Waals surface area contributed by atoms with Crippen molar-refractivity contribution in [2.45, 2.75) is 6.92 Å². The Labute approximate surface area is 132 Å². The van der Waals surface area contributed by atoms with E-state index in [1.807, 2.05) is 0 Å². The van der Waals surface area contributed by atoms with Gasteiger partial charge in [-0.25, -0.2) is 0 Å². The average Bonchev–Trinajstić information content (AvgIpc) is 2.83. The van der Waals surface area contributed by atoms with Crippen LogP contribution in [0.5, 0.6) is 17.2 Å². The lowest BCUT2D eigenvalue weighted by Gasteiger charge is -2.04. The highest BCUT2D eigenvalue weighted by Gasteiger charge is 2.29. The van der Waals surface area contributed by atoms with Gasteiger partial charge in [0.05, 0.1) is 12.7 Å². The fourth-order valence-electron chi connectivity index (χ4n) is 2.33. The first-order valence-electron chi connectivity index (χ1n) is 6.96. The number of Topliss-reactive ketones (excluding diaryl/α,β-unsaturated/α-hetero) is 2. The molecule has 0 atom stereocenters. The van der Waals surface area contributed by atoms with E-state index >= 15 is 0 Å². The Hall–Kier alpha value is -3.08. The van der Waals surface area contributed by atoms with E-state index in [-0.39, 0.29) is 34.4 Å². The van der Waals surface area contributed by atoms with Gasteiger partial charge in [0.2, 0.25) is 5.78 Å². The molecule has 0 aliphatic carbocycles. The average molecular weight is 310 g/mol. The Morgan fingerprint density at radius 3 is 2.52 bits per heavy atom. The van der Waals surface area contributed by atoms with E-state index in [0.717, 1.165) is 5.56 Å². The van der Waals surface area contributed by atoms with Crippen molar-refractivity contribution in [3.05, 3.63) is 58.8 Å². The molecule has 23 heavy (non-hydrogen) atoms. The van der Waals surface area contributed by atoms with E-state index in [9.17, 15) is 14.7 Å². The van der Waals surface area contributed by atoms with Crippen LogP contribution in [0.3, 0.4) is 0 Å². The van der Waals surface area contributed by atoms with E-state index in [1.54, 1.807) is 30.3 Å². The van der Waals surface area contributed by atoms with Crippen LogP contribution >= 0.6 is 0 Å². The second-order valence-corrected chi connectivity index (χ2v) is 5.14. The summed E-state index contributed by atoms with van der Waals surface area (Å²) in [6, 6.07) is 9.66. The summed E-state index contributed by atoms with van der Waals surface area (Å²) in [4.78, 5) is 23.6. The van der Waals surface area contributed by atoms with Crippen molar-refractivity contribution >= 4 is 17.6 Å². The molecule has 0 amide bonds. The molecule has 1 N–H and O–H groups in total. The van der Waals surface area contributed by atoms with Crippen molar-refractivity contribution in [2.75, 3.05) is 7.11 Å². The SMILES string of the molecule is COc1cc2c(cc1O)C(=O)/C(=C\c1ccc(C(C)=O)cc1)O2. The van der Waals surface area contributed by atoms with E-state index < -0.39 is 0 Å². The number of aromatic hydroxyl groups is 1. The highest BCUT2D eigenvalue weighted by atomic mass is 16.5. The van der Waals surface area contributed by atoms with Crippen molar-refractivity contribution in [2.24, 2.45) is 0 Å². The minimum Gasteiger partial charge on any atom is -0.504 e. The molecule has 5 heteroatoms. The fraction of sp³-hybridized carbons (Fsp3) is 0.111. The number of carbonyl (C=O) groups is 2. The van der Waals surface area contributed by atoms with Crippen LogP contribution in [-0.4, -0.2) is 23.8 Å². The van der Waals surface area contributed by atoms with Crippen molar-refractivity contribution in [3.8, 4) is 17.2 Å². The van der Waals surface area contributed by atoms with Crippen LogP contribution in [0.2, 0.25) is 0 Å². The van der Waals surface area contributed by atoms with Crippen LogP contribution in [-0.2, 0) is 0 Å². The van der Waals surface area contributed by atoms with Crippen LogP contribution in [0.15, 0.2) is 42.2 Å². The third kappa shape index (κ3) is 2.68. The Morgan fingerprint density at radius 1 is 1.22 bits per heavy atom. The van der Waals surface area contributed by atoms with Crippen molar-refractivity contribution in [1.29, 1.82) is 0 Å². The third-order valence-electron chi connectivity index (χ3n) is 3.58. The lowest BCUT2D eigenvalue weighted by Crippen LogP contribution is -1.98. The maximum absolute atomic E-state index is 12.3. The van der Waals surface area contributed by atoms with Crippen LogP contribution < -0.4 is 9.47 Å². The molecule has 0 spiro atoms. The zero-order chi connectivity index (χ0) is 16.6. The zero-order valence-corrected chi connectivity index (χ0v) is 12.6. The molecule has 5 nitrogen and oxygen atoms in total. The normalized spacial score (nSPS) is 14.5. The summed E-state index contributed by atoms with van der Waals surface area (Å²) in [5, 5.41) is 9.77. The van der Waals surface area contributed by atoms with Crippen LogP contribution in [0.1, 0.15) is 33.2 Å². The molecule has 0 fully saturated rings. The van der Waals surface area contributed by atoms with Gasteiger partial charge in [0.1, 0.15) is 5.75 Å². The number of hydrogen-bond acceptors (Lipinski definition) is 5. The molecule has 2 aromatic rings. The largest absolute Gasteiger partial charge is 0.504 e.